The molecule has 1 rings (SSSR count). The van der Waals surface area contributed by atoms with E-state index in [1.807, 2.05) is 13.2 Å². The molecule has 0 saturated heterocycles. The first-order chi connectivity index (χ1) is 8.90. The van der Waals surface area contributed by atoms with Crippen molar-refractivity contribution < 1.29 is 12.8 Å². The van der Waals surface area contributed by atoms with Crippen LogP contribution < -0.4 is 10.0 Å². The minimum absolute atomic E-state index is 0.0902. The molecule has 108 valence electrons. The van der Waals surface area contributed by atoms with Gasteiger partial charge in [-0.25, -0.2) is 17.5 Å². The second-order valence-electron chi connectivity index (χ2n) is 4.18. The Kier molecular flexibility index (Phi) is 6.25. The highest BCUT2D eigenvalue weighted by atomic mass is 32.2. The first-order valence-electron chi connectivity index (χ1n) is 5.86. The SMILES string of the molecule is CNCc1cc(S(=O)(=O)NCC(C)SC)ccc1F. The fourth-order valence-electron chi connectivity index (χ4n) is 1.44. The predicted molar refractivity (Wildman–Crippen MR) is 77.3 cm³/mol. The summed E-state index contributed by atoms with van der Waals surface area (Å²) in [6, 6.07) is 3.82. The molecule has 0 aromatic heterocycles. The van der Waals surface area contributed by atoms with E-state index in [0.717, 1.165) is 0 Å². The van der Waals surface area contributed by atoms with E-state index in [9.17, 15) is 12.8 Å². The number of sulfonamides is 1. The fraction of sp³-hybridized carbons (Fsp3) is 0.500. The minimum atomic E-state index is -3.58. The Morgan fingerprint density at radius 1 is 1.42 bits per heavy atom. The summed E-state index contributed by atoms with van der Waals surface area (Å²) in [4.78, 5) is 0.0902. The van der Waals surface area contributed by atoms with Crippen molar-refractivity contribution in [1.82, 2.24) is 10.0 Å². The second kappa shape index (κ2) is 7.23. The molecule has 1 aromatic rings. The highest BCUT2D eigenvalue weighted by molar-refractivity contribution is 7.99. The van der Waals surface area contributed by atoms with Gasteiger partial charge in [0.2, 0.25) is 10.0 Å². The lowest BCUT2D eigenvalue weighted by molar-refractivity contribution is 0.578. The third-order valence-corrected chi connectivity index (χ3v) is 5.05. The molecule has 0 saturated carbocycles. The Morgan fingerprint density at radius 3 is 2.68 bits per heavy atom. The van der Waals surface area contributed by atoms with Gasteiger partial charge in [-0.3, -0.25) is 0 Å². The van der Waals surface area contributed by atoms with Crippen molar-refractivity contribution in [2.75, 3.05) is 19.8 Å². The van der Waals surface area contributed by atoms with Crippen molar-refractivity contribution in [1.29, 1.82) is 0 Å². The topological polar surface area (TPSA) is 58.2 Å². The van der Waals surface area contributed by atoms with Crippen LogP contribution >= 0.6 is 11.8 Å². The van der Waals surface area contributed by atoms with Gasteiger partial charge in [-0.1, -0.05) is 6.92 Å². The Morgan fingerprint density at radius 2 is 2.11 bits per heavy atom. The van der Waals surface area contributed by atoms with E-state index in [1.165, 1.54) is 18.2 Å². The second-order valence-corrected chi connectivity index (χ2v) is 7.22. The van der Waals surface area contributed by atoms with Crippen molar-refractivity contribution in [3.8, 4) is 0 Å². The highest BCUT2D eigenvalue weighted by Gasteiger charge is 2.16. The number of halogens is 1. The lowest BCUT2D eigenvalue weighted by atomic mass is 10.2. The van der Waals surface area contributed by atoms with Crippen LogP contribution in [0.4, 0.5) is 4.39 Å². The summed E-state index contributed by atoms with van der Waals surface area (Å²) in [6.45, 7) is 2.57. The Labute approximate surface area is 118 Å². The third-order valence-electron chi connectivity index (χ3n) is 2.66. The van der Waals surface area contributed by atoms with Crippen molar-refractivity contribution in [2.24, 2.45) is 0 Å². The molecular formula is C12H19FN2O2S2. The first-order valence-corrected chi connectivity index (χ1v) is 8.63. The minimum Gasteiger partial charge on any atom is -0.316 e. The normalized spacial score (nSPS) is 13.5. The van der Waals surface area contributed by atoms with E-state index in [4.69, 9.17) is 0 Å². The van der Waals surface area contributed by atoms with E-state index in [-0.39, 0.29) is 16.7 Å². The van der Waals surface area contributed by atoms with Gasteiger partial charge in [-0.05, 0) is 31.5 Å². The monoisotopic (exact) mass is 306 g/mol. The fourth-order valence-corrected chi connectivity index (χ4v) is 2.97. The summed E-state index contributed by atoms with van der Waals surface area (Å²) in [7, 11) is -1.90. The zero-order chi connectivity index (χ0) is 14.5. The van der Waals surface area contributed by atoms with Crippen LogP contribution in [0.15, 0.2) is 23.1 Å². The number of rotatable bonds is 7. The Hall–Kier alpha value is -0.630. The van der Waals surface area contributed by atoms with Gasteiger partial charge in [0.25, 0.3) is 0 Å². The summed E-state index contributed by atoms with van der Waals surface area (Å²) >= 11 is 1.58. The maximum Gasteiger partial charge on any atom is 0.240 e. The van der Waals surface area contributed by atoms with Crippen LogP contribution in [0.3, 0.4) is 0 Å². The maximum atomic E-state index is 13.5. The van der Waals surface area contributed by atoms with Crippen LogP contribution in [0.25, 0.3) is 0 Å². The number of hydrogen-bond acceptors (Lipinski definition) is 4. The van der Waals surface area contributed by atoms with Crippen molar-refractivity contribution in [3.63, 3.8) is 0 Å². The lowest BCUT2D eigenvalue weighted by Crippen LogP contribution is -2.29. The average Bonchev–Trinajstić information content (AvgIpc) is 2.38. The smallest absolute Gasteiger partial charge is 0.240 e. The van der Waals surface area contributed by atoms with E-state index in [0.29, 0.717) is 12.1 Å². The molecule has 0 aliphatic heterocycles. The number of thioether (sulfide) groups is 1. The largest absolute Gasteiger partial charge is 0.316 e. The number of hydrogen-bond donors (Lipinski definition) is 2. The standard InChI is InChI=1S/C12H19FN2O2S2/c1-9(18-3)7-15-19(16,17)11-4-5-12(13)10(6-11)8-14-2/h4-6,9,14-15H,7-8H2,1-3H3. The van der Waals surface area contributed by atoms with Crippen molar-refractivity contribution in [2.45, 2.75) is 23.6 Å². The van der Waals surface area contributed by atoms with E-state index >= 15 is 0 Å². The van der Waals surface area contributed by atoms with Gasteiger partial charge in [-0.2, -0.15) is 11.8 Å². The van der Waals surface area contributed by atoms with E-state index in [1.54, 1.807) is 18.8 Å². The molecule has 7 heteroatoms. The molecule has 19 heavy (non-hydrogen) atoms. The van der Waals surface area contributed by atoms with Gasteiger partial charge in [0.1, 0.15) is 5.82 Å². The maximum absolute atomic E-state index is 13.5. The molecule has 1 unspecified atom stereocenters. The van der Waals surface area contributed by atoms with E-state index in [2.05, 4.69) is 10.0 Å². The molecule has 2 N–H and O–H groups in total. The summed E-state index contributed by atoms with van der Waals surface area (Å²) in [5, 5.41) is 2.99. The molecule has 0 amide bonds. The third kappa shape index (κ3) is 4.76. The molecule has 1 aromatic carbocycles. The van der Waals surface area contributed by atoms with Gasteiger partial charge >= 0.3 is 0 Å². The molecule has 0 radical (unpaired) electrons. The van der Waals surface area contributed by atoms with Crippen molar-refractivity contribution >= 4 is 21.8 Å². The van der Waals surface area contributed by atoms with Crippen LogP contribution in [0, 0.1) is 5.82 Å². The number of nitrogens with one attached hydrogen (secondary N) is 2. The van der Waals surface area contributed by atoms with Crippen LogP contribution in [0.1, 0.15) is 12.5 Å². The van der Waals surface area contributed by atoms with Gasteiger partial charge in [-0.15, -0.1) is 0 Å². The molecule has 0 aliphatic rings. The zero-order valence-electron chi connectivity index (χ0n) is 11.2. The predicted octanol–water partition coefficient (Wildman–Crippen LogP) is 1.57. The zero-order valence-corrected chi connectivity index (χ0v) is 12.9. The summed E-state index contributed by atoms with van der Waals surface area (Å²) in [5.41, 5.74) is 0.336. The van der Waals surface area contributed by atoms with Gasteiger partial charge in [0.05, 0.1) is 4.90 Å². The van der Waals surface area contributed by atoms with Crippen molar-refractivity contribution in [3.05, 3.63) is 29.6 Å². The van der Waals surface area contributed by atoms with Crippen LogP contribution in [0.5, 0.6) is 0 Å². The molecule has 0 aliphatic carbocycles. The van der Waals surface area contributed by atoms with Crippen LogP contribution in [-0.2, 0) is 16.6 Å². The van der Waals surface area contributed by atoms with Gasteiger partial charge in [0, 0.05) is 23.9 Å². The highest BCUT2D eigenvalue weighted by Crippen LogP contribution is 2.15. The molecule has 0 spiro atoms. The molecule has 0 fully saturated rings. The molecule has 1 atom stereocenters. The average molecular weight is 306 g/mol. The molecule has 0 bridgehead atoms. The van der Waals surface area contributed by atoms with Gasteiger partial charge < -0.3 is 5.32 Å². The lowest BCUT2D eigenvalue weighted by Gasteiger charge is -2.12. The first kappa shape index (κ1) is 16.4. The van der Waals surface area contributed by atoms with E-state index < -0.39 is 15.8 Å². The van der Waals surface area contributed by atoms with Crippen LogP contribution in [-0.4, -0.2) is 33.5 Å². The van der Waals surface area contributed by atoms with Crippen LogP contribution in [0.2, 0.25) is 0 Å². The summed E-state index contributed by atoms with van der Waals surface area (Å²) < 4.78 is 40.1. The summed E-state index contributed by atoms with van der Waals surface area (Å²) in [6.07, 6.45) is 1.92. The Balaban J connectivity index is 2.92. The van der Waals surface area contributed by atoms with Gasteiger partial charge in [0.15, 0.2) is 0 Å². The molecule has 4 nitrogen and oxygen atoms in total. The molecular weight excluding hydrogens is 287 g/mol. The quantitative estimate of drug-likeness (QED) is 0.803. The number of benzene rings is 1. The Bertz CT molecular complexity index is 520. The molecule has 0 heterocycles. The summed E-state index contributed by atoms with van der Waals surface area (Å²) in [5.74, 6) is -0.411.